The van der Waals surface area contributed by atoms with Crippen LogP contribution in [0.2, 0.25) is 0 Å². The Morgan fingerprint density at radius 2 is 1.92 bits per heavy atom. The Morgan fingerprint density at radius 3 is 2.48 bits per heavy atom. The number of hydrogen-bond donors (Lipinski definition) is 2. The maximum atomic E-state index is 11.2. The van der Waals surface area contributed by atoms with Crippen molar-refractivity contribution in [3.05, 3.63) is 0 Å². The molecular weight excluding hydrogens is 451 g/mol. The van der Waals surface area contributed by atoms with Crippen molar-refractivity contribution in [3.8, 4) is 0 Å². The molecule has 0 bridgehead atoms. The fraction of sp³-hybridized carbons (Fsp3) is 0.941. The highest BCUT2D eigenvalue weighted by Gasteiger charge is 2.14. The second-order valence-corrected chi connectivity index (χ2v) is 9.45. The molecule has 0 saturated carbocycles. The second kappa shape index (κ2) is 13.1. The van der Waals surface area contributed by atoms with Gasteiger partial charge in [0.25, 0.3) is 0 Å². The van der Waals surface area contributed by atoms with Crippen molar-refractivity contribution in [1.29, 1.82) is 0 Å². The van der Waals surface area contributed by atoms with Gasteiger partial charge in [0, 0.05) is 25.9 Å². The smallest absolute Gasteiger partial charge is 0.191 e. The van der Waals surface area contributed by atoms with Gasteiger partial charge in [-0.15, -0.1) is 24.0 Å². The molecule has 6 nitrogen and oxygen atoms in total. The number of guanidine groups is 1. The zero-order valence-electron chi connectivity index (χ0n) is 16.3. The standard InChI is InChI=1S/C17H36N4O2S.HI/c1-15-7-12-21(13-8-15)11-6-5-10-19-17(18-3)20-16(2)9-14-24(4,22)23;/h15-16H,5-14H2,1-4H3,(H2,18,19,20);1H. The fourth-order valence-corrected chi connectivity index (χ4v) is 3.63. The van der Waals surface area contributed by atoms with Crippen molar-refractivity contribution in [3.63, 3.8) is 0 Å². The number of sulfone groups is 1. The molecule has 1 fully saturated rings. The Kier molecular flexibility index (Phi) is 13.1. The second-order valence-electron chi connectivity index (χ2n) is 7.19. The Hall–Kier alpha value is -0.0900. The summed E-state index contributed by atoms with van der Waals surface area (Å²) in [6.45, 7) is 8.89. The van der Waals surface area contributed by atoms with Crippen LogP contribution in [0.15, 0.2) is 4.99 Å². The van der Waals surface area contributed by atoms with Crippen LogP contribution in [-0.4, -0.2) is 70.6 Å². The topological polar surface area (TPSA) is 73.8 Å². The van der Waals surface area contributed by atoms with Gasteiger partial charge in [0.05, 0.1) is 5.75 Å². The zero-order valence-corrected chi connectivity index (χ0v) is 19.4. The van der Waals surface area contributed by atoms with Crippen LogP contribution >= 0.6 is 24.0 Å². The molecule has 1 atom stereocenters. The molecule has 1 saturated heterocycles. The molecule has 25 heavy (non-hydrogen) atoms. The number of rotatable bonds is 9. The number of nitrogens with zero attached hydrogens (tertiary/aromatic N) is 2. The molecule has 0 amide bonds. The lowest BCUT2D eigenvalue weighted by Gasteiger charge is -2.30. The van der Waals surface area contributed by atoms with E-state index in [9.17, 15) is 8.42 Å². The van der Waals surface area contributed by atoms with E-state index in [-0.39, 0.29) is 35.8 Å². The van der Waals surface area contributed by atoms with Gasteiger partial charge in [-0.25, -0.2) is 8.42 Å². The Balaban J connectivity index is 0.00000576. The van der Waals surface area contributed by atoms with Crippen molar-refractivity contribution in [2.75, 3.05) is 45.2 Å². The first-order valence-corrected chi connectivity index (χ1v) is 11.2. The van der Waals surface area contributed by atoms with Crippen LogP contribution in [0.3, 0.4) is 0 Å². The Morgan fingerprint density at radius 1 is 1.28 bits per heavy atom. The van der Waals surface area contributed by atoms with Crippen LogP contribution < -0.4 is 10.6 Å². The van der Waals surface area contributed by atoms with Gasteiger partial charge in [0.1, 0.15) is 9.84 Å². The van der Waals surface area contributed by atoms with Crippen LogP contribution in [0.5, 0.6) is 0 Å². The minimum atomic E-state index is -2.91. The lowest BCUT2D eigenvalue weighted by atomic mass is 9.99. The molecule has 150 valence electrons. The highest BCUT2D eigenvalue weighted by molar-refractivity contribution is 14.0. The van der Waals surface area contributed by atoms with E-state index in [0.717, 1.165) is 24.8 Å². The molecule has 0 aromatic heterocycles. The third kappa shape index (κ3) is 12.8. The van der Waals surface area contributed by atoms with Gasteiger partial charge in [-0.1, -0.05) is 6.92 Å². The molecule has 1 aliphatic heterocycles. The highest BCUT2D eigenvalue weighted by Crippen LogP contribution is 2.15. The summed E-state index contributed by atoms with van der Waals surface area (Å²) in [5.74, 6) is 1.84. The number of aliphatic imine (C=N–C) groups is 1. The zero-order chi connectivity index (χ0) is 18.0. The summed E-state index contributed by atoms with van der Waals surface area (Å²) in [6, 6.07) is 0.0845. The van der Waals surface area contributed by atoms with E-state index >= 15 is 0 Å². The lowest BCUT2D eigenvalue weighted by Crippen LogP contribution is -2.43. The molecule has 1 rings (SSSR count). The van der Waals surface area contributed by atoms with E-state index in [1.807, 2.05) is 6.92 Å². The molecule has 0 aromatic rings. The lowest BCUT2D eigenvalue weighted by molar-refractivity contribution is 0.189. The summed E-state index contributed by atoms with van der Waals surface area (Å²) in [5, 5.41) is 6.56. The number of nitrogens with one attached hydrogen (secondary N) is 2. The summed E-state index contributed by atoms with van der Waals surface area (Å²) >= 11 is 0. The third-order valence-electron chi connectivity index (χ3n) is 4.60. The summed E-state index contributed by atoms with van der Waals surface area (Å²) < 4.78 is 22.4. The minimum Gasteiger partial charge on any atom is -0.356 e. The van der Waals surface area contributed by atoms with Gasteiger partial charge in [-0.3, -0.25) is 4.99 Å². The van der Waals surface area contributed by atoms with Crippen LogP contribution in [0.25, 0.3) is 0 Å². The maximum Gasteiger partial charge on any atom is 0.191 e. The molecule has 1 unspecified atom stereocenters. The molecule has 0 radical (unpaired) electrons. The number of likely N-dealkylation sites (tertiary alicyclic amines) is 1. The number of halogens is 1. The van der Waals surface area contributed by atoms with Gasteiger partial charge in [0.2, 0.25) is 0 Å². The van der Waals surface area contributed by atoms with Crippen LogP contribution in [0.4, 0.5) is 0 Å². The van der Waals surface area contributed by atoms with Crippen LogP contribution in [0.1, 0.15) is 46.0 Å². The molecule has 8 heteroatoms. The first-order valence-electron chi connectivity index (χ1n) is 9.17. The van der Waals surface area contributed by atoms with Crippen LogP contribution in [-0.2, 0) is 9.84 Å². The molecular formula is C17H37IN4O2S. The largest absolute Gasteiger partial charge is 0.356 e. The van der Waals surface area contributed by atoms with E-state index in [1.165, 1.54) is 45.2 Å². The van der Waals surface area contributed by atoms with Crippen molar-refractivity contribution in [2.24, 2.45) is 10.9 Å². The van der Waals surface area contributed by atoms with Gasteiger partial charge in [-0.05, 0) is 64.6 Å². The number of unbranched alkanes of at least 4 members (excludes halogenated alkanes) is 1. The van der Waals surface area contributed by atoms with Crippen molar-refractivity contribution < 1.29 is 8.42 Å². The minimum absolute atomic E-state index is 0. The average molecular weight is 488 g/mol. The predicted octanol–water partition coefficient (Wildman–Crippen LogP) is 2.10. The monoisotopic (exact) mass is 488 g/mol. The SMILES string of the molecule is CN=C(NCCCCN1CCC(C)CC1)NC(C)CCS(C)(=O)=O.I. The number of hydrogen-bond acceptors (Lipinski definition) is 4. The predicted molar refractivity (Wildman–Crippen MR) is 118 cm³/mol. The number of piperidine rings is 1. The van der Waals surface area contributed by atoms with Crippen LogP contribution in [0, 0.1) is 5.92 Å². The van der Waals surface area contributed by atoms with Gasteiger partial charge < -0.3 is 15.5 Å². The van der Waals surface area contributed by atoms with E-state index in [1.54, 1.807) is 7.05 Å². The van der Waals surface area contributed by atoms with E-state index < -0.39 is 9.84 Å². The Bertz CT molecular complexity index is 477. The van der Waals surface area contributed by atoms with Crippen molar-refractivity contribution >= 4 is 39.8 Å². The quantitative estimate of drug-likeness (QED) is 0.225. The molecule has 0 aromatic carbocycles. The molecule has 0 spiro atoms. The summed E-state index contributed by atoms with van der Waals surface area (Å²) in [7, 11) is -1.16. The van der Waals surface area contributed by atoms with Crippen molar-refractivity contribution in [1.82, 2.24) is 15.5 Å². The van der Waals surface area contributed by atoms with Gasteiger partial charge >= 0.3 is 0 Å². The van der Waals surface area contributed by atoms with Crippen molar-refractivity contribution in [2.45, 2.75) is 52.0 Å². The molecule has 0 aliphatic carbocycles. The van der Waals surface area contributed by atoms with Gasteiger partial charge in [-0.2, -0.15) is 0 Å². The van der Waals surface area contributed by atoms with E-state index in [0.29, 0.717) is 6.42 Å². The summed E-state index contributed by atoms with van der Waals surface area (Å²) in [5.41, 5.74) is 0. The fourth-order valence-electron chi connectivity index (χ4n) is 2.84. The molecule has 2 N–H and O–H groups in total. The summed E-state index contributed by atoms with van der Waals surface area (Å²) in [4.78, 5) is 6.77. The maximum absolute atomic E-state index is 11.2. The van der Waals surface area contributed by atoms with E-state index in [2.05, 4.69) is 27.4 Å². The molecule has 1 heterocycles. The van der Waals surface area contributed by atoms with E-state index in [4.69, 9.17) is 0 Å². The molecule has 1 aliphatic rings. The average Bonchev–Trinajstić information content (AvgIpc) is 2.52. The summed E-state index contributed by atoms with van der Waals surface area (Å²) in [6.07, 6.45) is 6.84. The third-order valence-corrected chi connectivity index (χ3v) is 5.58. The normalized spacial score (nSPS) is 18.5. The highest BCUT2D eigenvalue weighted by atomic mass is 127. The first kappa shape index (κ1) is 24.9. The first-order chi connectivity index (χ1) is 11.3. The Labute approximate surface area is 171 Å². The van der Waals surface area contributed by atoms with Gasteiger partial charge in [0.15, 0.2) is 5.96 Å².